The van der Waals surface area contributed by atoms with Crippen molar-refractivity contribution in [1.82, 2.24) is 16.2 Å². The Balaban J connectivity index is 1.61. The first-order chi connectivity index (χ1) is 10.8. The summed E-state index contributed by atoms with van der Waals surface area (Å²) in [5.41, 5.74) is 7.16. The van der Waals surface area contributed by atoms with Crippen molar-refractivity contribution in [3.8, 4) is 0 Å². The molecule has 0 aliphatic carbocycles. The average Bonchev–Trinajstić information content (AvgIpc) is 2.58. The molecule has 5 heteroatoms. The van der Waals surface area contributed by atoms with Gasteiger partial charge >= 0.3 is 0 Å². The summed E-state index contributed by atoms with van der Waals surface area (Å²) in [5.74, 6) is -0.214. The van der Waals surface area contributed by atoms with Gasteiger partial charge in [0.05, 0.1) is 0 Å². The molecular formula is C17H19N3OS. The van der Waals surface area contributed by atoms with E-state index >= 15 is 0 Å². The second-order valence-electron chi connectivity index (χ2n) is 4.79. The highest BCUT2D eigenvalue weighted by molar-refractivity contribution is 7.80. The van der Waals surface area contributed by atoms with E-state index in [9.17, 15) is 4.79 Å². The van der Waals surface area contributed by atoms with E-state index in [1.54, 1.807) is 12.1 Å². The first kappa shape index (κ1) is 16.0. The third-order valence-electron chi connectivity index (χ3n) is 3.10. The minimum Gasteiger partial charge on any atom is -0.361 e. The van der Waals surface area contributed by atoms with Crippen LogP contribution in [0.25, 0.3) is 0 Å². The second-order valence-corrected chi connectivity index (χ2v) is 5.20. The molecule has 0 saturated heterocycles. The Morgan fingerprint density at radius 2 is 1.55 bits per heavy atom. The molecule has 0 unspecified atom stereocenters. The number of hydrogen-bond donors (Lipinski definition) is 3. The van der Waals surface area contributed by atoms with E-state index in [-0.39, 0.29) is 5.91 Å². The van der Waals surface area contributed by atoms with Crippen LogP contribution in [0.3, 0.4) is 0 Å². The van der Waals surface area contributed by atoms with Gasteiger partial charge in [-0.3, -0.25) is 15.6 Å². The van der Waals surface area contributed by atoms with Crippen molar-refractivity contribution >= 4 is 23.2 Å². The number of benzene rings is 2. The summed E-state index contributed by atoms with van der Waals surface area (Å²) in [4.78, 5) is 11.8. The van der Waals surface area contributed by atoms with Gasteiger partial charge in [0.2, 0.25) is 0 Å². The van der Waals surface area contributed by atoms with Crippen LogP contribution in [0.5, 0.6) is 0 Å². The van der Waals surface area contributed by atoms with Crippen molar-refractivity contribution in [2.75, 3.05) is 6.54 Å². The molecule has 0 aromatic heterocycles. The van der Waals surface area contributed by atoms with Crippen LogP contribution in [-0.2, 0) is 6.42 Å². The van der Waals surface area contributed by atoms with Gasteiger partial charge in [-0.2, -0.15) is 0 Å². The topological polar surface area (TPSA) is 53.2 Å². The maximum absolute atomic E-state index is 11.8. The van der Waals surface area contributed by atoms with Gasteiger partial charge in [0.1, 0.15) is 0 Å². The van der Waals surface area contributed by atoms with E-state index in [2.05, 4.69) is 28.3 Å². The summed E-state index contributed by atoms with van der Waals surface area (Å²) in [5, 5.41) is 3.48. The summed E-state index contributed by atoms with van der Waals surface area (Å²) < 4.78 is 0. The molecule has 3 N–H and O–H groups in total. The predicted molar refractivity (Wildman–Crippen MR) is 92.4 cm³/mol. The highest BCUT2D eigenvalue weighted by atomic mass is 32.1. The van der Waals surface area contributed by atoms with Crippen molar-refractivity contribution < 1.29 is 4.79 Å². The number of nitrogens with one attached hydrogen (secondary N) is 3. The zero-order valence-corrected chi connectivity index (χ0v) is 13.0. The molecule has 0 spiro atoms. The lowest BCUT2D eigenvalue weighted by Gasteiger charge is -2.11. The van der Waals surface area contributed by atoms with Gasteiger partial charge in [-0.05, 0) is 42.8 Å². The van der Waals surface area contributed by atoms with Crippen LogP contribution >= 0.6 is 12.2 Å². The van der Waals surface area contributed by atoms with Crippen LogP contribution in [-0.4, -0.2) is 17.6 Å². The fourth-order valence-corrected chi connectivity index (χ4v) is 2.11. The van der Waals surface area contributed by atoms with Gasteiger partial charge < -0.3 is 5.32 Å². The van der Waals surface area contributed by atoms with Crippen LogP contribution in [0.15, 0.2) is 60.7 Å². The van der Waals surface area contributed by atoms with Gasteiger partial charge in [0, 0.05) is 12.1 Å². The second kappa shape index (κ2) is 8.79. The van der Waals surface area contributed by atoms with Gasteiger partial charge in [-0.15, -0.1) is 0 Å². The number of rotatable bonds is 5. The molecular weight excluding hydrogens is 294 g/mol. The molecule has 0 saturated carbocycles. The summed E-state index contributed by atoms with van der Waals surface area (Å²) in [6, 6.07) is 19.3. The smallest absolute Gasteiger partial charge is 0.269 e. The number of aryl methyl sites for hydroxylation is 1. The van der Waals surface area contributed by atoms with Crippen LogP contribution in [0.4, 0.5) is 0 Å². The maximum Gasteiger partial charge on any atom is 0.269 e. The van der Waals surface area contributed by atoms with Crippen LogP contribution in [0, 0.1) is 0 Å². The molecule has 2 rings (SSSR count). The molecule has 0 aliphatic heterocycles. The quantitative estimate of drug-likeness (QED) is 0.451. The van der Waals surface area contributed by atoms with Gasteiger partial charge in [-0.25, -0.2) is 0 Å². The molecule has 114 valence electrons. The monoisotopic (exact) mass is 313 g/mol. The number of amides is 1. The lowest BCUT2D eigenvalue weighted by molar-refractivity contribution is 0.0943. The molecule has 22 heavy (non-hydrogen) atoms. The number of hydrogen-bond acceptors (Lipinski definition) is 2. The largest absolute Gasteiger partial charge is 0.361 e. The minimum atomic E-state index is -0.214. The molecule has 0 heterocycles. The highest BCUT2D eigenvalue weighted by Crippen LogP contribution is 2.01. The summed E-state index contributed by atoms with van der Waals surface area (Å²) in [6.45, 7) is 0.752. The number of carbonyl (C=O) groups excluding carboxylic acids is 1. The number of thiocarbonyl (C=S) groups is 1. The van der Waals surface area contributed by atoms with E-state index in [4.69, 9.17) is 12.2 Å². The van der Waals surface area contributed by atoms with Crippen molar-refractivity contribution in [2.45, 2.75) is 12.8 Å². The highest BCUT2D eigenvalue weighted by Gasteiger charge is 2.03. The number of carbonyl (C=O) groups is 1. The Morgan fingerprint density at radius 1 is 0.909 bits per heavy atom. The van der Waals surface area contributed by atoms with E-state index in [1.807, 2.05) is 36.4 Å². The first-order valence-electron chi connectivity index (χ1n) is 7.19. The van der Waals surface area contributed by atoms with Crippen LogP contribution in [0.1, 0.15) is 22.3 Å². The summed E-state index contributed by atoms with van der Waals surface area (Å²) >= 11 is 5.12. The minimum absolute atomic E-state index is 0.214. The van der Waals surface area contributed by atoms with Crippen LogP contribution in [0.2, 0.25) is 0 Å². The van der Waals surface area contributed by atoms with Gasteiger partial charge in [-0.1, -0.05) is 48.5 Å². The molecule has 0 radical (unpaired) electrons. The number of hydrazine groups is 1. The van der Waals surface area contributed by atoms with E-state index < -0.39 is 0 Å². The molecule has 0 aliphatic rings. The third-order valence-corrected chi connectivity index (χ3v) is 3.34. The van der Waals surface area contributed by atoms with Crippen molar-refractivity contribution in [3.63, 3.8) is 0 Å². The zero-order valence-electron chi connectivity index (χ0n) is 12.2. The Labute approximate surface area is 135 Å². The zero-order chi connectivity index (χ0) is 15.6. The molecule has 4 nitrogen and oxygen atoms in total. The van der Waals surface area contributed by atoms with Gasteiger partial charge in [0.25, 0.3) is 5.91 Å². The van der Waals surface area contributed by atoms with E-state index in [1.165, 1.54) is 5.56 Å². The lowest BCUT2D eigenvalue weighted by Crippen LogP contribution is -2.47. The Hall–Kier alpha value is -2.40. The Bertz CT molecular complexity index is 602. The maximum atomic E-state index is 11.8. The summed E-state index contributed by atoms with van der Waals surface area (Å²) in [6.07, 6.45) is 1.96. The Kier molecular flexibility index (Phi) is 6.39. The first-order valence-corrected chi connectivity index (χ1v) is 7.59. The van der Waals surface area contributed by atoms with Crippen molar-refractivity contribution in [1.29, 1.82) is 0 Å². The SMILES string of the molecule is O=C(NNC(=S)NCCCc1ccccc1)c1ccccc1. The fourth-order valence-electron chi connectivity index (χ4n) is 1.96. The van der Waals surface area contributed by atoms with Crippen molar-refractivity contribution in [2.24, 2.45) is 0 Å². The molecule has 1 amide bonds. The summed E-state index contributed by atoms with van der Waals surface area (Å²) in [7, 11) is 0. The standard InChI is InChI=1S/C17H19N3OS/c21-16(15-11-5-2-6-12-15)19-20-17(22)18-13-7-10-14-8-3-1-4-9-14/h1-6,8-9,11-12H,7,10,13H2,(H,19,21)(H2,18,20,22). The fraction of sp³-hybridized carbons (Fsp3) is 0.176. The lowest BCUT2D eigenvalue weighted by atomic mass is 10.1. The normalized spacial score (nSPS) is 9.82. The van der Waals surface area contributed by atoms with Gasteiger partial charge in [0.15, 0.2) is 5.11 Å². The third kappa shape index (κ3) is 5.54. The van der Waals surface area contributed by atoms with Crippen LogP contribution < -0.4 is 16.2 Å². The molecule has 0 bridgehead atoms. The van der Waals surface area contributed by atoms with E-state index in [0.29, 0.717) is 10.7 Å². The molecule has 0 atom stereocenters. The molecule has 2 aromatic carbocycles. The molecule has 2 aromatic rings. The average molecular weight is 313 g/mol. The predicted octanol–water partition coefficient (Wildman–Crippen LogP) is 2.43. The Morgan fingerprint density at radius 3 is 2.23 bits per heavy atom. The van der Waals surface area contributed by atoms with E-state index in [0.717, 1.165) is 19.4 Å². The van der Waals surface area contributed by atoms with Crippen molar-refractivity contribution in [3.05, 3.63) is 71.8 Å². The molecule has 0 fully saturated rings.